The zero-order valence-electron chi connectivity index (χ0n) is 10.5. The number of para-hydroxylation sites is 1. The van der Waals surface area contributed by atoms with Gasteiger partial charge in [-0.15, -0.1) is 0 Å². The third-order valence-electron chi connectivity index (χ3n) is 3.10. The number of phenolic OH excluding ortho intramolecular Hbond substituents is 3. The number of benzene rings is 2. The van der Waals surface area contributed by atoms with E-state index in [1.807, 2.05) is 0 Å². The Balaban J connectivity index is 2.07. The fourth-order valence-electron chi connectivity index (χ4n) is 2.02. The molecule has 21 heavy (non-hydrogen) atoms. The van der Waals surface area contributed by atoms with Crippen molar-refractivity contribution >= 4 is 11.9 Å². The van der Waals surface area contributed by atoms with Gasteiger partial charge in [-0.05, 0) is 24.3 Å². The maximum atomic E-state index is 13.3. The minimum Gasteiger partial charge on any atom is -0.504 e. The number of allylic oxidation sites excluding steroid dienone is 1. The number of carbonyl (C=O) groups is 1. The molecule has 0 bridgehead atoms. The van der Waals surface area contributed by atoms with Crippen molar-refractivity contribution < 1.29 is 29.2 Å². The minimum atomic E-state index is -0.826. The molecule has 0 unspecified atom stereocenters. The zero-order valence-corrected chi connectivity index (χ0v) is 10.5. The van der Waals surface area contributed by atoms with Gasteiger partial charge >= 0.3 is 0 Å². The van der Waals surface area contributed by atoms with Crippen molar-refractivity contribution in [2.24, 2.45) is 0 Å². The zero-order chi connectivity index (χ0) is 15.1. The molecule has 0 radical (unpaired) electrons. The quantitative estimate of drug-likeness (QED) is 0.554. The molecule has 2 aromatic rings. The monoisotopic (exact) mass is 288 g/mol. The standard InChI is InChI=1S/C15H9FO5/c16-9-3-1-2-7(12(9)18)6-11-13(19)8-4-5-10(17)14(20)15(8)21-11/h1-6,17-18,20H. The van der Waals surface area contributed by atoms with Crippen LogP contribution in [0.4, 0.5) is 4.39 Å². The van der Waals surface area contributed by atoms with Crippen LogP contribution >= 0.6 is 0 Å². The van der Waals surface area contributed by atoms with Crippen molar-refractivity contribution in [1.29, 1.82) is 0 Å². The summed E-state index contributed by atoms with van der Waals surface area (Å²) in [4.78, 5) is 12.1. The summed E-state index contributed by atoms with van der Waals surface area (Å²) in [6.45, 7) is 0. The minimum absolute atomic E-state index is 0.0647. The van der Waals surface area contributed by atoms with Crippen molar-refractivity contribution in [3.05, 3.63) is 53.0 Å². The molecule has 1 aliphatic heterocycles. The van der Waals surface area contributed by atoms with Crippen molar-refractivity contribution in [2.45, 2.75) is 0 Å². The van der Waals surface area contributed by atoms with Gasteiger partial charge < -0.3 is 20.1 Å². The molecule has 0 atom stereocenters. The highest BCUT2D eigenvalue weighted by atomic mass is 19.1. The van der Waals surface area contributed by atoms with Gasteiger partial charge in [0.15, 0.2) is 28.8 Å². The van der Waals surface area contributed by atoms with Crippen molar-refractivity contribution in [3.8, 4) is 23.0 Å². The van der Waals surface area contributed by atoms with Gasteiger partial charge in [0.05, 0.1) is 5.56 Å². The average Bonchev–Trinajstić information content (AvgIpc) is 2.77. The second kappa shape index (κ2) is 4.52. The molecule has 0 saturated heterocycles. The van der Waals surface area contributed by atoms with Crippen LogP contribution in [-0.2, 0) is 0 Å². The van der Waals surface area contributed by atoms with Crippen molar-refractivity contribution in [1.82, 2.24) is 0 Å². The number of ketones is 1. The molecule has 106 valence electrons. The lowest BCUT2D eigenvalue weighted by Crippen LogP contribution is -1.98. The van der Waals surface area contributed by atoms with Gasteiger partial charge in [-0.25, -0.2) is 4.39 Å². The molecule has 0 aliphatic carbocycles. The van der Waals surface area contributed by atoms with E-state index in [0.717, 1.165) is 18.2 Å². The van der Waals surface area contributed by atoms with Gasteiger partial charge in [0.1, 0.15) is 0 Å². The molecule has 6 heteroatoms. The van der Waals surface area contributed by atoms with Crippen LogP contribution in [0.3, 0.4) is 0 Å². The molecule has 0 amide bonds. The molecular formula is C15H9FO5. The predicted octanol–water partition coefficient (Wildman–Crippen LogP) is 2.56. The normalized spacial score (nSPS) is 15.1. The molecule has 3 N–H and O–H groups in total. The van der Waals surface area contributed by atoms with Crippen LogP contribution in [0.15, 0.2) is 36.1 Å². The Kier molecular flexibility index (Phi) is 2.79. The number of carbonyl (C=O) groups excluding carboxylic acids is 1. The first-order valence-corrected chi connectivity index (χ1v) is 5.95. The molecule has 0 fully saturated rings. The highest BCUT2D eigenvalue weighted by Gasteiger charge is 2.31. The molecule has 0 spiro atoms. The fourth-order valence-corrected chi connectivity index (χ4v) is 2.02. The van der Waals surface area contributed by atoms with Crippen molar-refractivity contribution in [3.63, 3.8) is 0 Å². The van der Waals surface area contributed by atoms with Gasteiger partial charge in [-0.3, -0.25) is 4.79 Å². The number of hydrogen-bond donors (Lipinski definition) is 3. The van der Waals surface area contributed by atoms with E-state index in [-0.39, 0.29) is 22.6 Å². The first kappa shape index (κ1) is 13.0. The van der Waals surface area contributed by atoms with E-state index in [2.05, 4.69) is 0 Å². The Labute approximate surface area is 118 Å². The number of halogens is 1. The molecule has 1 aliphatic rings. The summed E-state index contributed by atoms with van der Waals surface area (Å²) in [5, 5.41) is 28.6. The molecule has 1 heterocycles. The van der Waals surface area contributed by atoms with E-state index >= 15 is 0 Å². The molecule has 2 aromatic carbocycles. The number of fused-ring (bicyclic) bond motifs is 1. The SMILES string of the molecule is O=C1C(=Cc2cccc(F)c2O)Oc2c1ccc(O)c2O. The maximum Gasteiger partial charge on any atom is 0.232 e. The summed E-state index contributed by atoms with van der Waals surface area (Å²) >= 11 is 0. The van der Waals surface area contributed by atoms with E-state index in [1.165, 1.54) is 18.2 Å². The third kappa shape index (κ3) is 1.97. The van der Waals surface area contributed by atoms with E-state index in [9.17, 15) is 24.5 Å². The Morgan fingerprint density at radius 2 is 1.81 bits per heavy atom. The van der Waals surface area contributed by atoms with Crippen molar-refractivity contribution in [2.75, 3.05) is 0 Å². The lowest BCUT2D eigenvalue weighted by molar-refractivity contribution is 0.101. The number of ether oxygens (including phenoxy) is 1. The topological polar surface area (TPSA) is 87.0 Å². The number of aromatic hydroxyl groups is 3. The largest absolute Gasteiger partial charge is 0.504 e. The smallest absolute Gasteiger partial charge is 0.232 e. The molecule has 0 aromatic heterocycles. The highest BCUT2D eigenvalue weighted by molar-refractivity contribution is 6.15. The Hall–Kier alpha value is -3.02. The summed E-state index contributed by atoms with van der Waals surface area (Å²) in [5.41, 5.74) is 0.141. The van der Waals surface area contributed by atoms with Gasteiger partial charge in [0.25, 0.3) is 0 Å². The van der Waals surface area contributed by atoms with E-state index in [1.54, 1.807) is 0 Å². The number of rotatable bonds is 1. The van der Waals surface area contributed by atoms with E-state index < -0.39 is 28.8 Å². The van der Waals surface area contributed by atoms with Crippen LogP contribution in [0.25, 0.3) is 6.08 Å². The summed E-state index contributed by atoms with van der Waals surface area (Å²) in [5.74, 6) is -3.29. The Morgan fingerprint density at radius 1 is 1.05 bits per heavy atom. The fraction of sp³-hybridized carbons (Fsp3) is 0. The highest BCUT2D eigenvalue weighted by Crippen LogP contribution is 2.44. The summed E-state index contributed by atoms with van der Waals surface area (Å²) in [7, 11) is 0. The second-order valence-electron chi connectivity index (χ2n) is 4.43. The van der Waals surface area contributed by atoms with Gasteiger partial charge in [-0.2, -0.15) is 0 Å². The maximum absolute atomic E-state index is 13.3. The number of hydrogen-bond acceptors (Lipinski definition) is 5. The van der Waals surface area contributed by atoms with Crippen LogP contribution in [-0.4, -0.2) is 21.1 Å². The lowest BCUT2D eigenvalue weighted by Gasteiger charge is -2.03. The Bertz CT molecular complexity index is 795. The summed E-state index contributed by atoms with van der Waals surface area (Å²) in [6, 6.07) is 6.32. The number of phenols is 3. The summed E-state index contributed by atoms with van der Waals surface area (Å²) < 4.78 is 18.4. The Morgan fingerprint density at radius 3 is 2.57 bits per heavy atom. The van der Waals surface area contributed by atoms with Gasteiger partial charge in [-0.1, -0.05) is 12.1 Å². The molecule has 3 rings (SSSR count). The van der Waals surface area contributed by atoms with Gasteiger partial charge in [0, 0.05) is 5.56 Å². The van der Waals surface area contributed by atoms with Crippen LogP contribution in [0.2, 0.25) is 0 Å². The van der Waals surface area contributed by atoms with E-state index in [4.69, 9.17) is 4.74 Å². The van der Waals surface area contributed by atoms with Gasteiger partial charge in [0.2, 0.25) is 11.5 Å². The van der Waals surface area contributed by atoms with Crippen LogP contribution in [0.5, 0.6) is 23.0 Å². The average molecular weight is 288 g/mol. The second-order valence-corrected chi connectivity index (χ2v) is 4.43. The van der Waals surface area contributed by atoms with Crippen LogP contribution in [0, 0.1) is 5.82 Å². The van der Waals surface area contributed by atoms with E-state index in [0.29, 0.717) is 0 Å². The van der Waals surface area contributed by atoms with Crippen LogP contribution in [0.1, 0.15) is 15.9 Å². The third-order valence-corrected chi connectivity index (χ3v) is 3.10. The number of Topliss-reactive ketones (excluding diaryl/α,β-unsaturated/α-hetero) is 1. The molecular weight excluding hydrogens is 279 g/mol. The predicted molar refractivity (Wildman–Crippen MR) is 70.8 cm³/mol. The lowest BCUT2D eigenvalue weighted by atomic mass is 10.1. The summed E-state index contributed by atoms with van der Waals surface area (Å²) in [6.07, 6.45) is 1.16. The van der Waals surface area contributed by atoms with Crippen LogP contribution < -0.4 is 4.74 Å². The molecule has 5 nitrogen and oxygen atoms in total. The molecule has 0 saturated carbocycles. The first-order valence-electron chi connectivity index (χ1n) is 5.95. The first-order chi connectivity index (χ1) is 9.99.